The molecule has 0 aliphatic carbocycles. The molecule has 0 fully saturated rings. The average molecular weight is 433 g/mol. The molecule has 154 valence electrons. The molecule has 3 aromatic rings. The average Bonchev–Trinajstić information content (AvgIpc) is 3.29. The van der Waals surface area contributed by atoms with E-state index < -0.39 is 11.4 Å². The lowest BCUT2D eigenvalue weighted by atomic mass is 9.89. The van der Waals surface area contributed by atoms with E-state index in [4.69, 9.17) is 15.4 Å². The predicted octanol–water partition coefficient (Wildman–Crippen LogP) is 3.82. The Morgan fingerprint density at radius 2 is 2.16 bits per heavy atom. The van der Waals surface area contributed by atoms with E-state index in [9.17, 15) is 9.18 Å². The maximum atomic E-state index is 14.8. The van der Waals surface area contributed by atoms with Crippen LogP contribution in [-0.4, -0.2) is 20.9 Å². The number of oxazole rings is 1. The second-order valence-electron chi connectivity index (χ2n) is 7.03. The van der Waals surface area contributed by atoms with Crippen LogP contribution in [0.15, 0.2) is 64.6 Å². The lowest BCUT2D eigenvalue weighted by molar-refractivity contribution is 0.0988. The first-order valence-electron chi connectivity index (χ1n) is 9.21. The summed E-state index contributed by atoms with van der Waals surface area (Å²) >= 11 is 1.21. The van der Waals surface area contributed by atoms with Crippen LogP contribution >= 0.6 is 11.8 Å². The Hall–Kier alpha value is -3.77. The van der Waals surface area contributed by atoms with Crippen molar-refractivity contribution in [2.24, 2.45) is 10.7 Å². The van der Waals surface area contributed by atoms with Crippen molar-refractivity contribution < 1.29 is 13.6 Å². The maximum absolute atomic E-state index is 14.8. The first kappa shape index (κ1) is 20.5. The molecule has 0 radical (unpaired) electrons. The van der Waals surface area contributed by atoms with E-state index in [0.717, 1.165) is 0 Å². The lowest BCUT2D eigenvalue weighted by Crippen LogP contribution is -2.26. The van der Waals surface area contributed by atoms with Gasteiger partial charge in [-0.1, -0.05) is 6.07 Å². The van der Waals surface area contributed by atoms with E-state index in [0.29, 0.717) is 21.8 Å². The molecule has 3 heterocycles. The van der Waals surface area contributed by atoms with Crippen molar-refractivity contribution in [3.8, 4) is 6.07 Å². The standard InChI is InChI=1S/C22H16FN5O2S/c1-22(8-20(31-21(25)28-22)19-11-26-12-30-19)15-6-13(2-4-16(15)23)7-18(29)17-5-3-14(9-24)10-27-17/h2-6,8,10-12H,7H2,1H3,(H2,25,28)/t22-/m0/s1. The van der Waals surface area contributed by atoms with Crippen LogP contribution in [0.5, 0.6) is 0 Å². The number of ketones is 1. The number of Topliss-reactive ketones (excluding diaryl/α,β-unsaturated/α-hetero) is 1. The van der Waals surface area contributed by atoms with Crippen molar-refractivity contribution in [2.45, 2.75) is 18.9 Å². The third-order valence-electron chi connectivity index (χ3n) is 4.76. The number of amidine groups is 1. The molecular weight excluding hydrogens is 417 g/mol. The fourth-order valence-corrected chi connectivity index (χ4v) is 4.20. The summed E-state index contributed by atoms with van der Waals surface area (Å²) in [6.07, 6.45) is 5.99. The quantitative estimate of drug-likeness (QED) is 0.608. The Morgan fingerprint density at radius 1 is 1.32 bits per heavy atom. The number of carbonyl (C=O) groups is 1. The molecule has 0 spiro atoms. The lowest BCUT2D eigenvalue weighted by Gasteiger charge is -2.28. The topological polar surface area (TPSA) is 118 Å². The summed E-state index contributed by atoms with van der Waals surface area (Å²) < 4.78 is 20.2. The molecule has 0 bridgehead atoms. The highest BCUT2D eigenvalue weighted by molar-refractivity contribution is 8.21. The largest absolute Gasteiger partial charge is 0.443 e. The van der Waals surface area contributed by atoms with E-state index in [1.165, 1.54) is 42.6 Å². The van der Waals surface area contributed by atoms with Gasteiger partial charge >= 0.3 is 0 Å². The van der Waals surface area contributed by atoms with Gasteiger partial charge in [-0.3, -0.25) is 9.78 Å². The van der Waals surface area contributed by atoms with Gasteiger partial charge in [0.25, 0.3) is 0 Å². The molecule has 0 saturated heterocycles. The molecule has 0 saturated carbocycles. The Kier molecular flexibility index (Phi) is 5.40. The monoisotopic (exact) mass is 433 g/mol. The van der Waals surface area contributed by atoms with Crippen molar-refractivity contribution in [1.29, 1.82) is 5.26 Å². The highest BCUT2D eigenvalue weighted by atomic mass is 32.2. The summed E-state index contributed by atoms with van der Waals surface area (Å²) in [6, 6.07) is 9.46. The first-order valence-corrected chi connectivity index (χ1v) is 10.0. The van der Waals surface area contributed by atoms with E-state index in [-0.39, 0.29) is 28.6 Å². The highest BCUT2D eigenvalue weighted by Gasteiger charge is 2.33. The summed E-state index contributed by atoms with van der Waals surface area (Å²) in [5.74, 6) is -0.202. The van der Waals surface area contributed by atoms with Crippen LogP contribution < -0.4 is 5.73 Å². The number of aliphatic imine (C=N–C) groups is 1. The predicted molar refractivity (Wildman–Crippen MR) is 114 cm³/mol. The van der Waals surface area contributed by atoms with Crippen LogP contribution in [0.1, 0.15) is 39.9 Å². The van der Waals surface area contributed by atoms with Crippen molar-refractivity contribution in [3.63, 3.8) is 0 Å². The molecule has 2 N–H and O–H groups in total. The number of pyridine rings is 1. The number of nitriles is 1. The molecule has 9 heteroatoms. The van der Waals surface area contributed by atoms with E-state index in [1.807, 2.05) is 6.07 Å². The van der Waals surface area contributed by atoms with Crippen molar-refractivity contribution >= 4 is 27.6 Å². The molecule has 1 aliphatic rings. The summed E-state index contributed by atoms with van der Waals surface area (Å²) in [5, 5.41) is 9.12. The minimum absolute atomic E-state index is 0.0227. The number of rotatable bonds is 5. The van der Waals surface area contributed by atoms with Crippen LogP contribution in [0.4, 0.5) is 4.39 Å². The van der Waals surface area contributed by atoms with Gasteiger partial charge in [0.1, 0.15) is 23.1 Å². The molecule has 1 aromatic carbocycles. The summed E-state index contributed by atoms with van der Waals surface area (Å²) in [5.41, 5.74) is 6.42. The van der Waals surface area contributed by atoms with Gasteiger partial charge in [0.2, 0.25) is 0 Å². The number of aromatic nitrogens is 2. The molecular formula is C22H16FN5O2S. The van der Waals surface area contributed by atoms with Gasteiger partial charge < -0.3 is 10.2 Å². The molecule has 4 rings (SSSR count). The zero-order valence-corrected chi connectivity index (χ0v) is 17.2. The number of hydrogen-bond donors (Lipinski definition) is 1. The molecule has 2 aromatic heterocycles. The van der Waals surface area contributed by atoms with Gasteiger partial charge in [-0.15, -0.1) is 0 Å². The molecule has 0 amide bonds. The summed E-state index contributed by atoms with van der Waals surface area (Å²) in [4.78, 5) is 25.7. The molecule has 1 aliphatic heterocycles. The number of benzene rings is 1. The number of thioether (sulfide) groups is 1. The summed E-state index contributed by atoms with van der Waals surface area (Å²) in [6.45, 7) is 1.74. The van der Waals surface area contributed by atoms with Crippen LogP contribution in [0.2, 0.25) is 0 Å². The Morgan fingerprint density at radius 3 is 2.84 bits per heavy atom. The molecule has 1 atom stereocenters. The smallest absolute Gasteiger partial charge is 0.185 e. The number of nitrogens with two attached hydrogens (primary N) is 1. The van der Waals surface area contributed by atoms with Gasteiger partial charge in [0.05, 0.1) is 16.7 Å². The second-order valence-corrected chi connectivity index (χ2v) is 8.09. The fourth-order valence-electron chi connectivity index (χ4n) is 3.25. The Balaban J connectivity index is 1.66. The fraction of sp³-hybridized carbons (Fsp3) is 0.136. The number of carbonyl (C=O) groups excluding carboxylic acids is 1. The first-order chi connectivity index (χ1) is 14.9. The highest BCUT2D eigenvalue weighted by Crippen LogP contribution is 2.41. The molecule has 0 unspecified atom stereocenters. The van der Waals surface area contributed by atoms with E-state index in [2.05, 4.69) is 15.0 Å². The van der Waals surface area contributed by atoms with Gasteiger partial charge in [0, 0.05) is 18.2 Å². The molecule has 7 nitrogen and oxygen atoms in total. The van der Waals surface area contributed by atoms with Crippen LogP contribution in [0.3, 0.4) is 0 Å². The minimum atomic E-state index is -1.09. The van der Waals surface area contributed by atoms with Crippen molar-refractivity contribution in [3.05, 3.63) is 89.2 Å². The van der Waals surface area contributed by atoms with Gasteiger partial charge in [-0.2, -0.15) is 5.26 Å². The van der Waals surface area contributed by atoms with Gasteiger partial charge in [-0.05, 0) is 54.6 Å². The van der Waals surface area contributed by atoms with Crippen LogP contribution in [-0.2, 0) is 12.0 Å². The Labute approximate surface area is 181 Å². The zero-order chi connectivity index (χ0) is 22.0. The van der Waals surface area contributed by atoms with Crippen LogP contribution in [0, 0.1) is 17.1 Å². The molecule has 31 heavy (non-hydrogen) atoms. The Bertz CT molecular complexity index is 1250. The normalized spacial score (nSPS) is 18.1. The second kappa shape index (κ2) is 8.16. The van der Waals surface area contributed by atoms with Crippen molar-refractivity contribution in [1.82, 2.24) is 9.97 Å². The minimum Gasteiger partial charge on any atom is -0.443 e. The zero-order valence-electron chi connectivity index (χ0n) is 16.4. The SMILES string of the molecule is C[C@@]1(c2cc(CC(=O)c3ccc(C#N)cn3)ccc2F)C=C(c2cnco2)SC(N)=N1. The van der Waals surface area contributed by atoms with Gasteiger partial charge in [-0.25, -0.2) is 14.4 Å². The van der Waals surface area contributed by atoms with Crippen LogP contribution in [0.25, 0.3) is 4.91 Å². The van der Waals surface area contributed by atoms with E-state index >= 15 is 0 Å². The third-order valence-corrected chi connectivity index (χ3v) is 5.60. The van der Waals surface area contributed by atoms with E-state index in [1.54, 1.807) is 31.3 Å². The maximum Gasteiger partial charge on any atom is 0.185 e. The third kappa shape index (κ3) is 4.25. The number of nitrogens with zero attached hydrogens (tertiary/aromatic N) is 4. The van der Waals surface area contributed by atoms with Crippen molar-refractivity contribution in [2.75, 3.05) is 0 Å². The number of hydrogen-bond acceptors (Lipinski definition) is 8. The number of halogens is 1. The summed E-state index contributed by atoms with van der Waals surface area (Å²) in [7, 11) is 0. The van der Waals surface area contributed by atoms with Gasteiger partial charge in [0.15, 0.2) is 23.1 Å².